The fourth-order valence-electron chi connectivity index (χ4n) is 3.28. The average molecular weight is 410 g/mol. The number of benzene rings is 2. The number of hydrogen-bond acceptors (Lipinski definition) is 4. The standard InChI is InChI=1S/C21H22N4O3S/c1-14(2)20-15(3)24(4)25(21(20)26)18-9-11-19(12-10-18)29(27,28)23-17-7-5-16(13-22)6-8-17/h5-12,14,23H,1-4H3. The van der Waals surface area contributed by atoms with Crippen LogP contribution in [0.4, 0.5) is 5.69 Å². The lowest BCUT2D eigenvalue weighted by Gasteiger charge is -2.11. The van der Waals surface area contributed by atoms with E-state index in [-0.39, 0.29) is 16.4 Å². The van der Waals surface area contributed by atoms with E-state index in [1.165, 1.54) is 41.1 Å². The van der Waals surface area contributed by atoms with E-state index in [1.54, 1.807) is 23.9 Å². The number of nitriles is 1. The quantitative estimate of drug-likeness (QED) is 0.698. The summed E-state index contributed by atoms with van der Waals surface area (Å²) in [7, 11) is -1.99. The predicted molar refractivity (Wildman–Crippen MR) is 112 cm³/mol. The van der Waals surface area contributed by atoms with E-state index < -0.39 is 10.0 Å². The molecule has 0 bridgehead atoms. The maximum absolute atomic E-state index is 12.8. The predicted octanol–water partition coefficient (Wildman–Crippen LogP) is 3.28. The van der Waals surface area contributed by atoms with Crippen LogP contribution >= 0.6 is 0 Å². The first-order valence-corrected chi connectivity index (χ1v) is 10.6. The van der Waals surface area contributed by atoms with Crippen molar-refractivity contribution >= 4 is 15.7 Å². The molecule has 0 unspecified atom stereocenters. The molecule has 0 fully saturated rings. The van der Waals surface area contributed by atoms with Crippen molar-refractivity contribution in [1.82, 2.24) is 9.36 Å². The summed E-state index contributed by atoms with van der Waals surface area (Å²) in [5.41, 5.74) is 2.91. The second-order valence-corrected chi connectivity index (χ2v) is 8.77. The van der Waals surface area contributed by atoms with Crippen molar-refractivity contribution in [2.24, 2.45) is 7.05 Å². The monoisotopic (exact) mass is 410 g/mol. The Hall–Kier alpha value is -3.31. The Morgan fingerprint density at radius 1 is 1.03 bits per heavy atom. The average Bonchev–Trinajstić information content (AvgIpc) is 2.91. The minimum Gasteiger partial charge on any atom is -0.285 e. The summed E-state index contributed by atoms with van der Waals surface area (Å²) < 4.78 is 31.1. The smallest absolute Gasteiger partial charge is 0.275 e. The second kappa shape index (κ2) is 7.60. The number of hydrogen-bond donors (Lipinski definition) is 1. The number of nitrogens with one attached hydrogen (secondary N) is 1. The Labute approximate surface area is 169 Å². The van der Waals surface area contributed by atoms with E-state index in [4.69, 9.17) is 5.26 Å². The van der Waals surface area contributed by atoms with Crippen molar-refractivity contribution in [2.75, 3.05) is 4.72 Å². The van der Waals surface area contributed by atoms with Gasteiger partial charge >= 0.3 is 0 Å². The van der Waals surface area contributed by atoms with Crippen LogP contribution in [0.1, 0.15) is 36.6 Å². The molecule has 0 saturated heterocycles. The number of rotatable bonds is 5. The van der Waals surface area contributed by atoms with Gasteiger partial charge in [-0.2, -0.15) is 5.26 Å². The summed E-state index contributed by atoms with van der Waals surface area (Å²) in [6, 6.07) is 14.3. The molecule has 0 atom stereocenters. The van der Waals surface area contributed by atoms with Crippen LogP contribution in [0.3, 0.4) is 0 Å². The van der Waals surface area contributed by atoms with E-state index in [2.05, 4.69) is 4.72 Å². The van der Waals surface area contributed by atoms with Gasteiger partial charge in [-0.25, -0.2) is 13.1 Å². The molecule has 150 valence electrons. The molecule has 0 saturated carbocycles. The topological polar surface area (TPSA) is 96.9 Å². The molecule has 0 amide bonds. The van der Waals surface area contributed by atoms with Gasteiger partial charge in [0.25, 0.3) is 15.6 Å². The Balaban J connectivity index is 1.93. The number of anilines is 1. The zero-order valence-electron chi connectivity index (χ0n) is 16.7. The lowest BCUT2D eigenvalue weighted by atomic mass is 10.0. The number of sulfonamides is 1. The fraction of sp³-hybridized carbons (Fsp3) is 0.238. The van der Waals surface area contributed by atoms with Crippen molar-refractivity contribution in [3.8, 4) is 11.8 Å². The number of nitrogens with zero attached hydrogens (tertiary/aromatic N) is 3. The van der Waals surface area contributed by atoms with Crippen molar-refractivity contribution in [2.45, 2.75) is 31.6 Å². The molecule has 3 rings (SSSR count). The first-order valence-electron chi connectivity index (χ1n) is 9.07. The van der Waals surface area contributed by atoms with Crippen molar-refractivity contribution in [3.63, 3.8) is 0 Å². The van der Waals surface area contributed by atoms with E-state index in [0.29, 0.717) is 16.9 Å². The maximum atomic E-state index is 12.8. The summed E-state index contributed by atoms with van der Waals surface area (Å²) >= 11 is 0. The Bertz CT molecular complexity index is 1240. The summed E-state index contributed by atoms with van der Waals surface area (Å²) in [6.45, 7) is 5.84. The number of aromatic nitrogens is 2. The summed E-state index contributed by atoms with van der Waals surface area (Å²) in [5.74, 6) is 0.0891. The molecule has 7 nitrogen and oxygen atoms in total. The second-order valence-electron chi connectivity index (χ2n) is 7.08. The van der Waals surface area contributed by atoms with Crippen LogP contribution in [0.15, 0.2) is 58.2 Å². The molecule has 1 aromatic heterocycles. The van der Waals surface area contributed by atoms with Crippen LogP contribution in [0, 0.1) is 18.3 Å². The summed E-state index contributed by atoms with van der Waals surface area (Å²) in [5, 5.41) is 8.83. The molecular formula is C21H22N4O3S. The van der Waals surface area contributed by atoms with Crippen LogP contribution in [0.2, 0.25) is 0 Å². The fourth-order valence-corrected chi connectivity index (χ4v) is 4.34. The summed E-state index contributed by atoms with van der Waals surface area (Å²) in [4.78, 5) is 12.9. The third-order valence-electron chi connectivity index (χ3n) is 4.83. The van der Waals surface area contributed by atoms with E-state index in [0.717, 1.165) is 11.3 Å². The molecule has 1 heterocycles. The molecule has 0 radical (unpaired) electrons. The minimum atomic E-state index is -3.80. The highest BCUT2D eigenvalue weighted by Crippen LogP contribution is 2.20. The van der Waals surface area contributed by atoms with Gasteiger partial charge < -0.3 is 0 Å². The Kier molecular flexibility index (Phi) is 5.36. The molecule has 0 aliphatic heterocycles. The van der Waals surface area contributed by atoms with Gasteiger partial charge in [-0.15, -0.1) is 0 Å². The maximum Gasteiger partial charge on any atom is 0.275 e. The first kappa shape index (κ1) is 20.4. The SMILES string of the molecule is Cc1c(C(C)C)c(=O)n(-c2ccc(S(=O)(=O)Nc3ccc(C#N)cc3)cc2)n1C. The lowest BCUT2D eigenvalue weighted by Crippen LogP contribution is -2.21. The third kappa shape index (κ3) is 3.82. The minimum absolute atomic E-state index is 0.0775. The van der Waals surface area contributed by atoms with Crippen molar-refractivity contribution in [1.29, 1.82) is 5.26 Å². The van der Waals surface area contributed by atoms with Gasteiger partial charge in [-0.05, 0) is 61.4 Å². The van der Waals surface area contributed by atoms with Gasteiger partial charge in [-0.3, -0.25) is 14.2 Å². The molecule has 3 aromatic rings. The van der Waals surface area contributed by atoms with E-state index >= 15 is 0 Å². The molecule has 1 N–H and O–H groups in total. The van der Waals surface area contributed by atoms with Crippen molar-refractivity contribution < 1.29 is 8.42 Å². The first-order chi connectivity index (χ1) is 13.7. The van der Waals surface area contributed by atoms with Crippen LogP contribution in [-0.2, 0) is 17.1 Å². The molecule has 0 aliphatic rings. The van der Waals surface area contributed by atoms with Crippen LogP contribution < -0.4 is 10.3 Å². The molecule has 29 heavy (non-hydrogen) atoms. The molecular weight excluding hydrogens is 388 g/mol. The van der Waals surface area contributed by atoms with Crippen LogP contribution in [0.5, 0.6) is 0 Å². The van der Waals surface area contributed by atoms with Gasteiger partial charge in [0, 0.05) is 24.0 Å². The van der Waals surface area contributed by atoms with E-state index in [9.17, 15) is 13.2 Å². The van der Waals surface area contributed by atoms with Crippen LogP contribution in [0.25, 0.3) is 5.69 Å². The normalized spacial score (nSPS) is 11.4. The van der Waals surface area contributed by atoms with Crippen molar-refractivity contribution in [3.05, 3.63) is 75.7 Å². The third-order valence-corrected chi connectivity index (χ3v) is 6.23. The zero-order chi connectivity index (χ0) is 21.3. The Morgan fingerprint density at radius 3 is 2.10 bits per heavy atom. The lowest BCUT2D eigenvalue weighted by molar-refractivity contribution is 0.601. The Morgan fingerprint density at radius 2 is 1.62 bits per heavy atom. The molecule has 2 aromatic carbocycles. The van der Waals surface area contributed by atoms with Gasteiger partial charge in [-0.1, -0.05) is 13.8 Å². The van der Waals surface area contributed by atoms with Gasteiger partial charge in [0.1, 0.15) is 0 Å². The highest BCUT2D eigenvalue weighted by molar-refractivity contribution is 7.92. The van der Waals surface area contributed by atoms with Gasteiger partial charge in [0.15, 0.2) is 0 Å². The highest BCUT2D eigenvalue weighted by Gasteiger charge is 2.19. The molecule has 0 aliphatic carbocycles. The highest BCUT2D eigenvalue weighted by atomic mass is 32.2. The molecule has 0 spiro atoms. The summed E-state index contributed by atoms with van der Waals surface area (Å²) in [6.07, 6.45) is 0. The zero-order valence-corrected chi connectivity index (χ0v) is 17.5. The van der Waals surface area contributed by atoms with Gasteiger partial charge in [0.05, 0.1) is 22.2 Å². The van der Waals surface area contributed by atoms with E-state index in [1.807, 2.05) is 26.8 Å². The molecule has 8 heteroatoms. The van der Waals surface area contributed by atoms with Gasteiger partial charge in [0.2, 0.25) is 0 Å². The largest absolute Gasteiger partial charge is 0.285 e. The van der Waals surface area contributed by atoms with Crippen LogP contribution in [-0.4, -0.2) is 17.8 Å².